The van der Waals surface area contributed by atoms with Crippen molar-refractivity contribution in [1.82, 2.24) is 5.32 Å². The molecule has 0 saturated carbocycles. The van der Waals surface area contributed by atoms with E-state index in [1.54, 1.807) is 0 Å². The molecule has 44 valence electrons. The Hall–Kier alpha value is -0.0400. The molecule has 1 fully saturated rings. The minimum Gasteiger partial charge on any atom is -0.314 e. The second-order valence-electron chi connectivity index (χ2n) is 1.64. The van der Waals surface area contributed by atoms with Gasteiger partial charge in [-0.25, -0.2) is 0 Å². The first-order chi connectivity index (χ1) is 3.39. The molecule has 1 atom stereocenters. The van der Waals surface area contributed by atoms with Crippen LogP contribution in [0, 0.1) is 0 Å². The summed E-state index contributed by atoms with van der Waals surface area (Å²) < 4.78 is 0. The van der Waals surface area contributed by atoms with Crippen LogP contribution < -0.4 is 5.32 Å². The van der Waals surface area contributed by atoms with Gasteiger partial charge in [-0.1, -0.05) is 13.8 Å². The van der Waals surface area contributed by atoms with Gasteiger partial charge in [0.1, 0.15) is 0 Å². The number of hydrogen-bond donors (Lipinski definition) is 1. The molecule has 1 heteroatoms. The van der Waals surface area contributed by atoms with E-state index in [0.29, 0.717) is 0 Å². The van der Waals surface area contributed by atoms with E-state index in [4.69, 9.17) is 0 Å². The topological polar surface area (TPSA) is 12.0 Å². The second kappa shape index (κ2) is 4.13. The van der Waals surface area contributed by atoms with Gasteiger partial charge in [-0.05, 0) is 19.9 Å². The predicted octanol–water partition coefficient (Wildman–Crippen LogP) is 1.39. The maximum Gasteiger partial charge on any atom is 0.00508 e. The standard InChI is InChI=1S/C4H9N.C2H6/c1-4-2-3-5-4;1-2/h4-5H,2-3H2,1H3;1-2H3/t4-;/m0./s1. The molecular weight excluding hydrogens is 86.1 g/mol. The zero-order valence-electron chi connectivity index (χ0n) is 5.49. The molecule has 1 nitrogen and oxygen atoms in total. The van der Waals surface area contributed by atoms with Crippen molar-refractivity contribution in [2.75, 3.05) is 6.54 Å². The smallest absolute Gasteiger partial charge is 0.00508 e. The van der Waals surface area contributed by atoms with Crippen LogP contribution in [0.1, 0.15) is 27.2 Å². The molecule has 7 heavy (non-hydrogen) atoms. The Labute approximate surface area is 46.1 Å². The quantitative estimate of drug-likeness (QED) is 0.486. The van der Waals surface area contributed by atoms with Crippen LogP contribution in [-0.2, 0) is 0 Å². The van der Waals surface area contributed by atoms with Crippen molar-refractivity contribution in [2.24, 2.45) is 0 Å². The maximum atomic E-state index is 3.21. The molecule has 0 aliphatic carbocycles. The highest BCUT2D eigenvalue weighted by Crippen LogP contribution is 1.96. The fourth-order valence-electron chi connectivity index (χ4n) is 0.433. The molecular formula is C6H15N. The van der Waals surface area contributed by atoms with Crippen LogP contribution >= 0.6 is 0 Å². The Morgan fingerprint density at radius 3 is 1.71 bits per heavy atom. The molecule has 1 heterocycles. The van der Waals surface area contributed by atoms with Crippen molar-refractivity contribution in [3.05, 3.63) is 0 Å². The molecule has 0 aromatic heterocycles. The van der Waals surface area contributed by atoms with E-state index in [2.05, 4.69) is 12.2 Å². The third-order valence-corrected chi connectivity index (χ3v) is 1.07. The van der Waals surface area contributed by atoms with Crippen molar-refractivity contribution in [2.45, 2.75) is 33.2 Å². The maximum absolute atomic E-state index is 3.21. The first-order valence-corrected chi connectivity index (χ1v) is 3.13. The Balaban J connectivity index is 0.000000162. The van der Waals surface area contributed by atoms with Gasteiger partial charge >= 0.3 is 0 Å². The van der Waals surface area contributed by atoms with E-state index in [1.165, 1.54) is 13.0 Å². The molecule has 0 unspecified atom stereocenters. The van der Waals surface area contributed by atoms with Crippen LogP contribution in [0.15, 0.2) is 0 Å². The van der Waals surface area contributed by atoms with Crippen LogP contribution in [-0.4, -0.2) is 12.6 Å². The predicted molar refractivity (Wildman–Crippen MR) is 33.4 cm³/mol. The SMILES string of the molecule is CC.C[C@H]1CCN1. The average Bonchev–Trinajstić information content (AvgIpc) is 1.68. The van der Waals surface area contributed by atoms with E-state index < -0.39 is 0 Å². The fraction of sp³-hybridized carbons (Fsp3) is 1.00. The summed E-state index contributed by atoms with van der Waals surface area (Å²) in [6.07, 6.45) is 1.38. The minimum atomic E-state index is 0.815. The zero-order valence-corrected chi connectivity index (χ0v) is 5.49. The molecule has 1 aliphatic rings. The van der Waals surface area contributed by atoms with Gasteiger partial charge in [0.15, 0.2) is 0 Å². The van der Waals surface area contributed by atoms with Crippen molar-refractivity contribution in [3.8, 4) is 0 Å². The van der Waals surface area contributed by atoms with Gasteiger partial charge in [0, 0.05) is 6.04 Å². The van der Waals surface area contributed by atoms with E-state index in [-0.39, 0.29) is 0 Å². The lowest BCUT2D eigenvalue weighted by Gasteiger charge is -2.22. The first kappa shape index (κ1) is 6.96. The normalized spacial score (nSPS) is 27.0. The lowest BCUT2D eigenvalue weighted by atomic mass is 10.1. The molecule has 1 rings (SSSR count). The number of nitrogens with one attached hydrogen (secondary N) is 1. The molecule has 0 amide bonds. The largest absolute Gasteiger partial charge is 0.314 e. The number of rotatable bonds is 0. The van der Waals surface area contributed by atoms with Crippen LogP contribution in [0.25, 0.3) is 0 Å². The van der Waals surface area contributed by atoms with Gasteiger partial charge in [-0.15, -0.1) is 0 Å². The molecule has 0 bridgehead atoms. The van der Waals surface area contributed by atoms with Crippen LogP contribution in [0.2, 0.25) is 0 Å². The third kappa shape index (κ3) is 2.63. The summed E-state index contributed by atoms with van der Waals surface area (Å²) in [6, 6.07) is 0.815. The monoisotopic (exact) mass is 101 g/mol. The van der Waals surface area contributed by atoms with Gasteiger partial charge in [-0.2, -0.15) is 0 Å². The van der Waals surface area contributed by atoms with Crippen molar-refractivity contribution < 1.29 is 0 Å². The van der Waals surface area contributed by atoms with Crippen LogP contribution in [0.4, 0.5) is 0 Å². The summed E-state index contributed by atoms with van der Waals surface area (Å²) in [5.41, 5.74) is 0. The van der Waals surface area contributed by atoms with Crippen molar-refractivity contribution in [1.29, 1.82) is 0 Å². The minimum absolute atomic E-state index is 0.815. The van der Waals surface area contributed by atoms with Crippen LogP contribution in [0.3, 0.4) is 0 Å². The molecule has 0 aromatic rings. The lowest BCUT2D eigenvalue weighted by molar-refractivity contribution is 0.399. The van der Waals surface area contributed by atoms with Crippen LogP contribution in [0.5, 0.6) is 0 Å². The van der Waals surface area contributed by atoms with E-state index in [1.807, 2.05) is 13.8 Å². The Morgan fingerprint density at radius 1 is 1.43 bits per heavy atom. The number of hydrogen-bond acceptors (Lipinski definition) is 1. The van der Waals surface area contributed by atoms with Gasteiger partial charge in [-0.3, -0.25) is 0 Å². The summed E-state index contributed by atoms with van der Waals surface area (Å²) in [4.78, 5) is 0. The van der Waals surface area contributed by atoms with Gasteiger partial charge in [0.25, 0.3) is 0 Å². The summed E-state index contributed by atoms with van der Waals surface area (Å²) >= 11 is 0. The molecule has 0 radical (unpaired) electrons. The second-order valence-corrected chi connectivity index (χ2v) is 1.64. The summed E-state index contributed by atoms with van der Waals surface area (Å²) in [5, 5.41) is 3.21. The lowest BCUT2D eigenvalue weighted by Crippen LogP contribution is -2.39. The highest BCUT2D eigenvalue weighted by Gasteiger charge is 2.07. The van der Waals surface area contributed by atoms with Gasteiger partial charge < -0.3 is 5.32 Å². The molecule has 1 saturated heterocycles. The molecule has 0 aromatic carbocycles. The highest BCUT2D eigenvalue weighted by atomic mass is 15.0. The Bertz CT molecular complexity index is 31.2. The van der Waals surface area contributed by atoms with Crippen molar-refractivity contribution in [3.63, 3.8) is 0 Å². The van der Waals surface area contributed by atoms with Gasteiger partial charge in [0.2, 0.25) is 0 Å². The Morgan fingerprint density at radius 2 is 1.71 bits per heavy atom. The average molecular weight is 101 g/mol. The molecule has 1 N–H and O–H groups in total. The summed E-state index contributed by atoms with van der Waals surface area (Å²) in [5.74, 6) is 0. The molecule has 0 spiro atoms. The van der Waals surface area contributed by atoms with E-state index in [0.717, 1.165) is 6.04 Å². The zero-order chi connectivity index (χ0) is 5.70. The fourth-order valence-corrected chi connectivity index (χ4v) is 0.433. The molecule has 1 aliphatic heterocycles. The van der Waals surface area contributed by atoms with Gasteiger partial charge in [0.05, 0.1) is 0 Å². The summed E-state index contributed by atoms with van der Waals surface area (Å²) in [6.45, 7) is 7.44. The summed E-state index contributed by atoms with van der Waals surface area (Å²) in [7, 11) is 0. The van der Waals surface area contributed by atoms with E-state index in [9.17, 15) is 0 Å². The highest BCUT2D eigenvalue weighted by molar-refractivity contribution is 4.70. The first-order valence-electron chi connectivity index (χ1n) is 3.13. The third-order valence-electron chi connectivity index (χ3n) is 1.07. The Kier molecular flexibility index (Phi) is 4.10. The van der Waals surface area contributed by atoms with Crippen molar-refractivity contribution >= 4 is 0 Å². The van der Waals surface area contributed by atoms with E-state index >= 15 is 0 Å².